The summed E-state index contributed by atoms with van der Waals surface area (Å²) in [7, 11) is 0. The first-order valence-corrected chi connectivity index (χ1v) is 13.3. The fourth-order valence-electron chi connectivity index (χ4n) is 4.18. The zero-order valence-electron chi connectivity index (χ0n) is 23.2. The molecule has 5 amide bonds. The molecule has 2 rings (SSSR count). The molecule has 15 heteroatoms. The highest BCUT2D eigenvalue weighted by molar-refractivity contribution is 5.95. The second-order valence-electron chi connectivity index (χ2n) is 10.0. The summed E-state index contributed by atoms with van der Waals surface area (Å²) in [5.74, 6) is -4.30. The molecule has 2 heterocycles. The third-order valence-corrected chi connectivity index (χ3v) is 6.90. The first-order valence-electron chi connectivity index (χ1n) is 13.3. The van der Waals surface area contributed by atoms with Gasteiger partial charge < -0.3 is 42.0 Å². The monoisotopic (exact) mass is 564 g/mol. The van der Waals surface area contributed by atoms with E-state index in [-0.39, 0.29) is 18.9 Å². The number of likely N-dealkylation sites (tertiary alicyclic amines) is 1. The first-order chi connectivity index (χ1) is 18.8. The number of H-pyrrole nitrogens is 1. The van der Waals surface area contributed by atoms with Crippen molar-refractivity contribution in [1.29, 1.82) is 0 Å². The van der Waals surface area contributed by atoms with Crippen LogP contribution in [-0.2, 0) is 35.2 Å². The number of aromatic nitrogens is 2. The number of hydrogen-bond donors (Lipinski definition) is 7. The Hall–Kier alpha value is -4.01. The largest absolute Gasteiger partial charge is 0.480 e. The maximum Gasteiger partial charge on any atom is 0.325 e. The highest BCUT2D eigenvalue weighted by atomic mass is 16.4. The van der Waals surface area contributed by atoms with Gasteiger partial charge in [-0.3, -0.25) is 28.8 Å². The highest BCUT2D eigenvalue weighted by Gasteiger charge is 2.37. The average Bonchev–Trinajstić information content (AvgIpc) is 3.61. The third kappa shape index (κ3) is 9.03. The molecule has 15 nitrogen and oxygen atoms in total. The number of aromatic amines is 1. The summed E-state index contributed by atoms with van der Waals surface area (Å²) in [5.41, 5.74) is 6.55. The Morgan fingerprint density at radius 3 is 2.35 bits per heavy atom. The van der Waals surface area contributed by atoms with Gasteiger partial charge >= 0.3 is 5.97 Å². The molecule has 0 radical (unpaired) electrons. The Bertz CT molecular complexity index is 1060. The van der Waals surface area contributed by atoms with Crippen molar-refractivity contribution in [2.24, 2.45) is 11.7 Å². The number of nitrogens with one attached hydrogen (secondary N) is 5. The van der Waals surface area contributed by atoms with Crippen molar-refractivity contribution < 1.29 is 33.9 Å². The van der Waals surface area contributed by atoms with E-state index in [9.17, 15) is 28.8 Å². The highest BCUT2D eigenvalue weighted by Crippen LogP contribution is 2.19. The normalized spacial score (nSPS) is 18.5. The quantitative estimate of drug-likeness (QED) is 0.132. The number of carboxylic acid groups (broad SMARTS) is 1. The lowest BCUT2D eigenvalue weighted by molar-refractivity contribution is -0.143. The van der Waals surface area contributed by atoms with Crippen LogP contribution in [0.25, 0.3) is 0 Å². The second kappa shape index (κ2) is 15.0. The van der Waals surface area contributed by atoms with Crippen molar-refractivity contribution in [2.45, 2.75) is 83.6 Å². The molecule has 0 saturated carbocycles. The minimum atomic E-state index is -1.21. The summed E-state index contributed by atoms with van der Waals surface area (Å²) < 4.78 is 0. The van der Waals surface area contributed by atoms with Gasteiger partial charge in [-0.05, 0) is 32.6 Å². The van der Waals surface area contributed by atoms with Crippen LogP contribution < -0.4 is 27.0 Å². The van der Waals surface area contributed by atoms with Gasteiger partial charge in [0.05, 0.1) is 18.9 Å². The van der Waals surface area contributed by atoms with Crippen LogP contribution in [-0.4, -0.2) is 98.8 Å². The molecule has 1 aromatic rings. The number of imidazole rings is 1. The van der Waals surface area contributed by atoms with Gasteiger partial charge in [-0.25, -0.2) is 4.98 Å². The average molecular weight is 565 g/mol. The second-order valence-corrected chi connectivity index (χ2v) is 10.0. The molecule has 8 N–H and O–H groups in total. The predicted molar refractivity (Wildman–Crippen MR) is 142 cm³/mol. The Balaban J connectivity index is 1.91. The van der Waals surface area contributed by atoms with Crippen molar-refractivity contribution in [1.82, 2.24) is 36.1 Å². The van der Waals surface area contributed by atoms with E-state index in [2.05, 4.69) is 31.2 Å². The minimum Gasteiger partial charge on any atom is -0.480 e. The summed E-state index contributed by atoms with van der Waals surface area (Å²) >= 11 is 0. The summed E-state index contributed by atoms with van der Waals surface area (Å²) in [6.45, 7) is 6.27. The van der Waals surface area contributed by atoms with E-state index in [4.69, 9.17) is 10.8 Å². The van der Waals surface area contributed by atoms with Crippen LogP contribution in [0.5, 0.6) is 0 Å². The molecule has 222 valence electrons. The van der Waals surface area contributed by atoms with E-state index in [0.717, 1.165) is 0 Å². The van der Waals surface area contributed by atoms with Crippen molar-refractivity contribution in [3.8, 4) is 0 Å². The van der Waals surface area contributed by atoms with Crippen LogP contribution in [0.15, 0.2) is 12.5 Å². The number of nitrogens with two attached hydrogens (primary N) is 1. The lowest BCUT2D eigenvalue weighted by Gasteiger charge is -2.29. The van der Waals surface area contributed by atoms with Crippen molar-refractivity contribution >= 4 is 35.5 Å². The van der Waals surface area contributed by atoms with Gasteiger partial charge in [-0.2, -0.15) is 0 Å². The molecule has 0 bridgehead atoms. The van der Waals surface area contributed by atoms with E-state index in [0.29, 0.717) is 25.0 Å². The Morgan fingerprint density at radius 2 is 1.75 bits per heavy atom. The van der Waals surface area contributed by atoms with E-state index < -0.39 is 72.3 Å². The van der Waals surface area contributed by atoms with Gasteiger partial charge in [-0.1, -0.05) is 20.3 Å². The van der Waals surface area contributed by atoms with Crippen LogP contribution >= 0.6 is 0 Å². The number of aliphatic carboxylic acids is 1. The minimum absolute atomic E-state index is 0.204. The van der Waals surface area contributed by atoms with Gasteiger partial charge in [0.25, 0.3) is 0 Å². The van der Waals surface area contributed by atoms with E-state index in [1.807, 2.05) is 6.92 Å². The van der Waals surface area contributed by atoms with E-state index >= 15 is 0 Å². The molecular weight excluding hydrogens is 524 g/mol. The van der Waals surface area contributed by atoms with Gasteiger partial charge in [-0.15, -0.1) is 0 Å². The third-order valence-electron chi connectivity index (χ3n) is 6.90. The number of nitrogens with zero attached hydrogens (tertiary/aromatic N) is 2. The van der Waals surface area contributed by atoms with Gasteiger partial charge in [0.15, 0.2) is 0 Å². The Morgan fingerprint density at radius 1 is 1.07 bits per heavy atom. The zero-order valence-corrected chi connectivity index (χ0v) is 23.2. The molecule has 1 aliphatic rings. The number of carbonyl (C=O) groups is 6. The van der Waals surface area contributed by atoms with Crippen LogP contribution in [0, 0.1) is 5.92 Å². The van der Waals surface area contributed by atoms with Crippen molar-refractivity contribution in [3.63, 3.8) is 0 Å². The van der Waals surface area contributed by atoms with Crippen LogP contribution in [0.4, 0.5) is 0 Å². The SMILES string of the molecule is CC[C@H](C)[C@H](NC(=O)[C@@H]1CCCN1C(=O)CNC(=O)[C@H](C)NC(=O)[C@@H](N)Cc1cnc[nH]1)C(=O)N[C@H](C)C(=O)O. The molecule has 40 heavy (non-hydrogen) atoms. The Labute approximate surface area is 232 Å². The van der Waals surface area contributed by atoms with Crippen molar-refractivity contribution in [3.05, 3.63) is 18.2 Å². The summed E-state index contributed by atoms with van der Waals surface area (Å²) in [6, 6.07) is -4.84. The topological polar surface area (TPSA) is 229 Å². The molecule has 1 aromatic heterocycles. The molecule has 0 aromatic carbocycles. The lowest BCUT2D eigenvalue weighted by atomic mass is 9.97. The van der Waals surface area contributed by atoms with Crippen LogP contribution in [0.3, 0.4) is 0 Å². The van der Waals surface area contributed by atoms with E-state index in [1.54, 1.807) is 13.1 Å². The maximum absolute atomic E-state index is 13.1. The van der Waals surface area contributed by atoms with Gasteiger partial charge in [0.1, 0.15) is 24.2 Å². The predicted octanol–water partition coefficient (Wildman–Crippen LogP) is -1.99. The lowest BCUT2D eigenvalue weighted by Crippen LogP contribution is -2.57. The summed E-state index contributed by atoms with van der Waals surface area (Å²) in [5, 5.41) is 19.1. The van der Waals surface area contributed by atoms with Gasteiger partial charge in [0, 0.05) is 24.9 Å². The number of rotatable bonds is 14. The standard InChI is InChI=1S/C25H40N8O7/c1-5-13(2)20(24(38)31-15(4)25(39)40)32-23(37)18-7-6-8-33(18)19(34)11-28-21(35)14(3)30-22(36)17(26)9-16-10-27-12-29-16/h10,12-15,17-18,20H,5-9,11,26H2,1-4H3,(H,27,29)(H,28,35)(H,30,36)(H,31,38)(H,32,37)(H,39,40)/t13-,14-,15+,17-,18-,20-/m0/s1. The fourth-order valence-corrected chi connectivity index (χ4v) is 4.18. The first kappa shape index (κ1) is 32.2. The number of carbonyl (C=O) groups excluding carboxylic acids is 5. The number of amides is 5. The summed E-state index contributed by atoms with van der Waals surface area (Å²) in [6.07, 6.45) is 4.67. The number of carboxylic acids is 1. The molecular formula is C25H40N8O7. The zero-order chi connectivity index (χ0) is 30.0. The Kier molecular flexibility index (Phi) is 12.0. The molecule has 1 saturated heterocycles. The maximum atomic E-state index is 13.1. The molecule has 1 fully saturated rings. The van der Waals surface area contributed by atoms with E-state index in [1.165, 1.54) is 25.1 Å². The smallest absolute Gasteiger partial charge is 0.325 e. The molecule has 0 aliphatic carbocycles. The fraction of sp³-hybridized carbons (Fsp3) is 0.640. The molecule has 0 spiro atoms. The number of hydrogen-bond acceptors (Lipinski definition) is 8. The van der Waals surface area contributed by atoms with Crippen LogP contribution in [0.2, 0.25) is 0 Å². The van der Waals surface area contributed by atoms with Gasteiger partial charge in [0.2, 0.25) is 29.5 Å². The van der Waals surface area contributed by atoms with Crippen LogP contribution in [0.1, 0.15) is 52.7 Å². The molecule has 1 aliphatic heterocycles. The molecule has 0 unspecified atom stereocenters. The molecule has 6 atom stereocenters. The summed E-state index contributed by atoms with van der Waals surface area (Å²) in [4.78, 5) is 82.7. The van der Waals surface area contributed by atoms with Crippen molar-refractivity contribution in [2.75, 3.05) is 13.1 Å².